The van der Waals surface area contributed by atoms with E-state index >= 15 is 0 Å². The fourth-order valence-corrected chi connectivity index (χ4v) is 8.03. The van der Waals surface area contributed by atoms with Gasteiger partial charge < -0.3 is 35.6 Å². The Morgan fingerprint density at radius 1 is 1.09 bits per heavy atom. The number of hydrogen-bond donors (Lipinski definition) is 6. The predicted molar refractivity (Wildman–Crippen MR) is 149 cm³/mol. The molecule has 0 saturated carbocycles. The molecule has 0 aliphatic carbocycles. The summed E-state index contributed by atoms with van der Waals surface area (Å²) in [6.07, 6.45) is -2.34. The zero-order valence-corrected chi connectivity index (χ0v) is 26.4. The molecule has 262 valence electrons. The highest BCUT2D eigenvalue weighted by Gasteiger charge is 2.48. The van der Waals surface area contributed by atoms with E-state index in [1.807, 2.05) is 0 Å². The maximum absolute atomic E-state index is 12.2. The SMILES string of the molecule is Cc1ncc(CSC(F)(F)F)c(C=O)c1O.Nc1ncnc2c1ncn2[C@@H]1O[C@H](COP(=O)(O)OP(=O)(O)SC(F)(F)F)C(O)[C@@H]1O. The van der Waals surface area contributed by atoms with Gasteiger partial charge in [-0.3, -0.25) is 18.9 Å². The molecule has 1 aliphatic rings. The second-order valence-corrected chi connectivity index (χ2v) is 15.4. The summed E-state index contributed by atoms with van der Waals surface area (Å²) in [7, 11) is -5.49. The maximum Gasteiger partial charge on any atom is 0.480 e. The zero-order valence-electron chi connectivity index (χ0n) is 23.0. The molecule has 3 aromatic rings. The van der Waals surface area contributed by atoms with Crippen LogP contribution in [0.15, 0.2) is 18.9 Å². The summed E-state index contributed by atoms with van der Waals surface area (Å²) < 4.78 is 110. The van der Waals surface area contributed by atoms with Crippen LogP contribution in [-0.2, 0) is 28.5 Å². The van der Waals surface area contributed by atoms with Crippen molar-refractivity contribution in [2.75, 3.05) is 12.3 Å². The minimum absolute atomic E-state index is 0.0280. The molecule has 0 amide bonds. The van der Waals surface area contributed by atoms with Gasteiger partial charge in [0, 0.05) is 11.9 Å². The quantitative estimate of drug-likeness (QED) is 0.0984. The van der Waals surface area contributed by atoms with E-state index < -0.39 is 73.9 Å². The van der Waals surface area contributed by atoms with Crippen LogP contribution < -0.4 is 5.73 Å². The van der Waals surface area contributed by atoms with Crippen LogP contribution in [0.3, 0.4) is 0 Å². The number of hydrogen-bond acceptors (Lipinski definition) is 16. The lowest BCUT2D eigenvalue weighted by molar-refractivity contribution is -0.0501. The number of alkyl halides is 6. The van der Waals surface area contributed by atoms with Crippen LogP contribution in [0.4, 0.5) is 32.2 Å². The third kappa shape index (κ3) is 10.7. The van der Waals surface area contributed by atoms with Gasteiger partial charge in [-0.05, 0) is 24.2 Å². The van der Waals surface area contributed by atoms with Crippen molar-refractivity contribution in [3.05, 3.63) is 35.7 Å². The van der Waals surface area contributed by atoms with Crippen LogP contribution in [-0.4, -0.2) is 91.8 Å². The number of pyridine rings is 1. The molecular formula is C20H22F6N6O11P2S2. The molecule has 17 nitrogen and oxygen atoms in total. The number of nitrogens with zero attached hydrogens (tertiary/aromatic N) is 5. The molecule has 0 bridgehead atoms. The van der Waals surface area contributed by atoms with Gasteiger partial charge in [-0.25, -0.2) is 24.1 Å². The van der Waals surface area contributed by atoms with Gasteiger partial charge in [0.2, 0.25) is 0 Å². The van der Waals surface area contributed by atoms with E-state index in [1.165, 1.54) is 17.8 Å². The topological polar surface area (TPSA) is 263 Å². The average Bonchev–Trinajstić information content (AvgIpc) is 3.47. The van der Waals surface area contributed by atoms with Crippen LogP contribution in [0.1, 0.15) is 27.8 Å². The summed E-state index contributed by atoms with van der Waals surface area (Å²) in [5, 5.41) is 29.8. The number of anilines is 1. The third-order valence-electron chi connectivity index (χ3n) is 5.69. The Balaban J connectivity index is 0.000000316. The number of halogens is 6. The second-order valence-electron chi connectivity index (χ2n) is 8.96. The maximum atomic E-state index is 12.2. The standard InChI is InChI=1S/C11H14F3N5O9P2S.C9H8F3NO2S/c12-11(13,14)31-30(24,25)28-29(22,23)26-1-4-6(20)7(21)10(27-4)19-3-18-5-8(15)16-2-17-9(5)19;1-5-8(15)7(3-14)6(2-13-5)4-16-9(10,11)12/h2-4,6-7,10,20-21H,1H2,(H,22,23)(H,24,25)(H2,15,16,17);2-3,15H,4H2,1H3/t4-,6?,7+,10-;/m1./s1. The summed E-state index contributed by atoms with van der Waals surface area (Å²) in [6, 6.07) is 0. The number of aromatic nitrogens is 5. The van der Waals surface area contributed by atoms with Crippen LogP contribution in [0.5, 0.6) is 5.75 Å². The molecular weight excluding hydrogens is 740 g/mol. The summed E-state index contributed by atoms with van der Waals surface area (Å²) in [5.41, 5.74) is -3.50. The van der Waals surface area contributed by atoms with Crippen LogP contribution in [0.2, 0.25) is 0 Å². The monoisotopic (exact) mass is 762 g/mol. The molecule has 47 heavy (non-hydrogen) atoms. The van der Waals surface area contributed by atoms with Crippen molar-refractivity contribution in [2.45, 2.75) is 48.2 Å². The minimum atomic E-state index is -5.65. The van der Waals surface area contributed by atoms with Crippen LogP contribution in [0, 0.1) is 6.92 Å². The first kappa shape index (κ1) is 38.9. The van der Waals surface area contributed by atoms with Crippen LogP contribution >= 0.6 is 37.8 Å². The number of nitrogen functional groups attached to an aromatic ring is 1. The Hall–Kier alpha value is -2.57. The molecule has 3 unspecified atom stereocenters. The number of aliphatic hydroxyl groups is 2. The fraction of sp³-hybridized carbons (Fsp3) is 0.450. The van der Waals surface area contributed by atoms with Gasteiger partial charge in [0.15, 0.2) is 24.0 Å². The normalized spacial score (nSPS) is 22.7. The molecule has 3 aromatic heterocycles. The fourth-order valence-electron chi connectivity index (χ4n) is 3.68. The zero-order chi connectivity index (χ0) is 35.5. The van der Waals surface area contributed by atoms with Crippen molar-refractivity contribution in [2.24, 2.45) is 0 Å². The van der Waals surface area contributed by atoms with Crippen molar-refractivity contribution in [3.8, 4) is 5.75 Å². The molecule has 27 heteroatoms. The van der Waals surface area contributed by atoms with Gasteiger partial charge in [-0.2, -0.15) is 30.7 Å². The van der Waals surface area contributed by atoms with Crippen molar-refractivity contribution >= 4 is 61.0 Å². The summed E-state index contributed by atoms with van der Waals surface area (Å²) in [4.78, 5) is 44.5. The number of phosphoric acid groups is 1. The minimum Gasteiger partial charge on any atom is -0.505 e. The number of fused-ring (bicyclic) bond motifs is 1. The highest BCUT2D eigenvalue weighted by Crippen LogP contribution is 2.70. The van der Waals surface area contributed by atoms with Crippen LogP contribution in [0.25, 0.3) is 11.2 Å². The number of carbonyl (C=O) groups is 1. The first-order valence-electron chi connectivity index (χ1n) is 12.1. The van der Waals surface area contributed by atoms with E-state index in [1.54, 1.807) is 0 Å². The largest absolute Gasteiger partial charge is 0.505 e. The number of carbonyl (C=O) groups excluding carboxylic acids is 1. The van der Waals surface area contributed by atoms with E-state index in [9.17, 15) is 60.5 Å². The first-order valence-corrected chi connectivity index (χ1v) is 17.6. The molecule has 1 saturated heterocycles. The van der Waals surface area contributed by atoms with E-state index in [2.05, 4.69) is 28.8 Å². The molecule has 6 atom stereocenters. The summed E-state index contributed by atoms with van der Waals surface area (Å²) in [5.74, 6) is -0.784. The number of aromatic hydroxyl groups is 1. The molecule has 7 N–H and O–H groups in total. The van der Waals surface area contributed by atoms with Gasteiger partial charge in [-0.1, -0.05) is 0 Å². The Labute approximate surface area is 266 Å². The van der Waals surface area contributed by atoms with Crippen molar-refractivity contribution < 1.29 is 78.9 Å². The smallest absolute Gasteiger partial charge is 0.480 e. The lowest BCUT2D eigenvalue weighted by Crippen LogP contribution is -2.33. The highest BCUT2D eigenvalue weighted by atomic mass is 32.7. The number of thioether (sulfide) groups is 1. The number of aldehydes is 1. The van der Waals surface area contributed by atoms with Gasteiger partial charge in [-0.15, -0.1) is 0 Å². The second kappa shape index (κ2) is 14.9. The first-order chi connectivity index (χ1) is 21.5. The molecule has 1 fully saturated rings. The molecule has 0 radical (unpaired) electrons. The van der Waals surface area contributed by atoms with Crippen molar-refractivity contribution in [1.29, 1.82) is 0 Å². The highest BCUT2D eigenvalue weighted by molar-refractivity contribution is 8.55. The van der Waals surface area contributed by atoms with Gasteiger partial charge in [0.05, 0.1) is 35.6 Å². The number of rotatable bonds is 10. The Kier molecular flexibility index (Phi) is 12.3. The van der Waals surface area contributed by atoms with Crippen molar-refractivity contribution in [1.82, 2.24) is 24.5 Å². The van der Waals surface area contributed by atoms with E-state index in [-0.39, 0.29) is 51.3 Å². The van der Waals surface area contributed by atoms with Gasteiger partial charge in [0.25, 0.3) is 0 Å². The Morgan fingerprint density at radius 2 is 1.74 bits per heavy atom. The molecule has 4 heterocycles. The lowest BCUT2D eigenvalue weighted by atomic mass is 10.1. The Morgan fingerprint density at radius 3 is 2.34 bits per heavy atom. The number of imidazole rings is 1. The molecule has 1 aliphatic heterocycles. The van der Waals surface area contributed by atoms with E-state index in [4.69, 9.17) is 15.4 Å². The van der Waals surface area contributed by atoms with E-state index in [0.717, 1.165) is 12.5 Å². The van der Waals surface area contributed by atoms with Gasteiger partial charge >= 0.3 is 25.6 Å². The van der Waals surface area contributed by atoms with Crippen molar-refractivity contribution in [3.63, 3.8) is 0 Å². The predicted octanol–water partition coefficient (Wildman–Crippen LogP) is 3.18. The summed E-state index contributed by atoms with van der Waals surface area (Å²) >= 11 is -1.81. The lowest BCUT2D eigenvalue weighted by Gasteiger charge is -2.19. The third-order valence-corrected chi connectivity index (χ3v) is 11.0. The number of ether oxygens (including phenoxy) is 1. The number of phosphoric ester groups is 1. The average molecular weight is 762 g/mol. The Bertz CT molecular complexity index is 1690. The molecule has 0 spiro atoms. The number of aliphatic hydroxyl groups excluding tert-OH is 2. The van der Waals surface area contributed by atoms with E-state index in [0.29, 0.717) is 6.29 Å². The molecule has 0 aromatic carbocycles. The summed E-state index contributed by atoms with van der Waals surface area (Å²) in [6.45, 7) is -5.18. The van der Waals surface area contributed by atoms with Gasteiger partial charge in [0.1, 0.15) is 35.9 Å². The number of nitrogens with two attached hydrogens (primary N) is 1. The molecule has 4 rings (SSSR count). The number of aryl methyl sites for hydroxylation is 1.